The van der Waals surface area contributed by atoms with E-state index >= 15 is 0 Å². The summed E-state index contributed by atoms with van der Waals surface area (Å²) in [5.41, 5.74) is 2.30. The standard InChI is InChI=1S/C12H14ClNO/c1-10-12(15-8-4-6-13)9-11-5-2-3-7-14(10)11/h2-3,5,7,9H,4,6,8H2,1H3. The predicted octanol–water partition coefficient (Wildman–Crippen LogP) is 3.26. The van der Waals surface area contributed by atoms with Gasteiger partial charge in [-0.1, -0.05) is 6.07 Å². The van der Waals surface area contributed by atoms with Crippen LogP contribution in [0.15, 0.2) is 30.5 Å². The van der Waals surface area contributed by atoms with Crippen LogP contribution in [0, 0.1) is 6.92 Å². The maximum absolute atomic E-state index is 5.66. The highest BCUT2D eigenvalue weighted by atomic mass is 35.5. The number of nitrogens with zero attached hydrogens (tertiary/aromatic N) is 1. The molecule has 0 N–H and O–H groups in total. The zero-order valence-corrected chi connectivity index (χ0v) is 9.50. The minimum atomic E-state index is 0.645. The molecule has 0 unspecified atom stereocenters. The third-order valence-corrected chi connectivity index (χ3v) is 2.69. The van der Waals surface area contributed by atoms with Crippen molar-refractivity contribution in [1.29, 1.82) is 0 Å². The minimum absolute atomic E-state index is 0.645. The van der Waals surface area contributed by atoms with E-state index in [1.807, 2.05) is 18.3 Å². The van der Waals surface area contributed by atoms with Crippen molar-refractivity contribution in [3.63, 3.8) is 0 Å². The first kappa shape index (κ1) is 10.4. The third-order valence-electron chi connectivity index (χ3n) is 2.42. The Morgan fingerprint density at radius 1 is 1.40 bits per heavy atom. The second-order valence-corrected chi connectivity index (χ2v) is 3.86. The molecule has 2 heterocycles. The van der Waals surface area contributed by atoms with Gasteiger partial charge >= 0.3 is 0 Å². The molecule has 0 radical (unpaired) electrons. The van der Waals surface area contributed by atoms with Gasteiger partial charge in [0.15, 0.2) is 0 Å². The van der Waals surface area contributed by atoms with Gasteiger partial charge in [-0.15, -0.1) is 11.6 Å². The zero-order valence-electron chi connectivity index (χ0n) is 8.74. The molecule has 0 amide bonds. The lowest BCUT2D eigenvalue weighted by Crippen LogP contribution is -1.98. The van der Waals surface area contributed by atoms with E-state index in [-0.39, 0.29) is 0 Å². The molecule has 80 valence electrons. The summed E-state index contributed by atoms with van der Waals surface area (Å²) in [6.45, 7) is 2.74. The highest BCUT2D eigenvalue weighted by molar-refractivity contribution is 6.17. The first-order chi connectivity index (χ1) is 7.33. The lowest BCUT2D eigenvalue weighted by molar-refractivity contribution is 0.316. The number of aryl methyl sites for hydroxylation is 1. The molecule has 2 aromatic heterocycles. The predicted molar refractivity (Wildman–Crippen MR) is 63.0 cm³/mol. The van der Waals surface area contributed by atoms with Crippen LogP contribution in [-0.2, 0) is 0 Å². The van der Waals surface area contributed by atoms with Gasteiger partial charge in [0.1, 0.15) is 5.75 Å². The van der Waals surface area contributed by atoms with Crippen molar-refractivity contribution >= 4 is 17.1 Å². The fourth-order valence-electron chi connectivity index (χ4n) is 1.62. The molecule has 15 heavy (non-hydrogen) atoms. The van der Waals surface area contributed by atoms with E-state index in [9.17, 15) is 0 Å². The van der Waals surface area contributed by atoms with Crippen LogP contribution in [0.4, 0.5) is 0 Å². The van der Waals surface area contributed by atoms with Gasteiger partial charge in [0.25, 0.3) is 0 Å². The quantitative estimate of drug-likeness (QED) is 0.573. The molecule has 0 aliphatic rings. The van der Waals surface area contributed by atoms with Crippen LogP contribution < -0.4 is 4.74 Å². The first-order valence-electron chi connectivity index (χ1n) is 5.08. The van der Waals surface area contributed by atoms with E-state index in [1.165, 1.54) is 0 Å². The Hall–Kier alpha value is -1.15. The third kappa shape index (κ3) is 2.10. The number of rotatable bonds is 4. The molecule has 2 aromatic rings. The van der Waals surface area contributed by atoms with Crippen molar-refractivity contribution in [2.45, 2.75) is 13.3 Å². The van der Waals surface area contributed by atoms with E-state index in [0.29, 0.717) is 12.5 Å². The Balaban J connectivity index is 2.24. The Morgan fingerprint density at radius 3 is 3.00 bits per heavy atom. The lowest BCUT2D eigenvalue weighted by Gasteiger charge is -2.03. The molecule has 2 nitrogen and oxygen atoms in total. The molecule has 0 aliphatic heterocycles. The average molecular weight is 224 g/mol. The van der Waals surface area contributed by atoms with Gasteiger partial charge in [-0.2, -0.15) is 0 Å². The van der Waals surface area contributed by atoms with E-state index in [2.05, 4.69) is 23.5 Å². The normalized spacial score (nSPS) is 10.8. The monoisotopic (exact) mass is 223 g/mol. The summed E-state index contributed by atoms with van der Waals surface area (Å²) in [6, 6.07) is 8.17. The minimum Gasteiger partial charge on any atom is -0.492 e. The maximum atomic E-state index is 5.66. The topological polar surface area (TPSA) is 13.6 Å². The van der Waals surface area contributed by atoms with Crippen LogP contribution in [-0.4, -0.2) is 16.9 Å². The summed E-state index contributed by atoms with van der Waals surface area (Å²) < 4.78 is 7.78. The van der Waals surface area contributed by atoms with E-state index in [4.69, 9.17) is 16.3 Å². The molecule has 0 atom stereocenters. The fraction of sp³-hybridized carbons (Fsp3) is 0.333. The summed E-state index contributed by atoms with van der Waals surface area (Å²) in [7, 11) is 0. The molecule has 0 fully saturated rings. The van der Waals surface area contributed by atoms with Crippen molar-refractivity contribution in [1.82, 2.24) is 4.40 Å². The molecule has 2 rings (SSSR count). The lowest BCUT2D eigenvalue weighted by atomic mass is 10.4. The van der Waals surface area contributed by atoms with Crippen LogP contribution in [0.3, 0.4) is 0 Å². The number of hydrogen-bond acceptors (Lipinski definition) is 1. The highest BCUT2D eigenvalue weighted by Gasteiger charge is 2.05. The number of aromatic nitrogens is 1. The number of hydrogen-bond donors (Lipinski definition) is 0. The molecule has 0 saturated heterocycles. The maximum Gasteiger partial charge on any atom is 0.140 e. The molecular weight excluding hydrogens is 210 g/mol. The second kappa shape index (κ2) is 4.58. The average Bonchev–Trinajstić information content (AvgIpc) is 2.57. The summed E-state index contributed by atoms with van der Waals surface area (Å²) in [4.78, 5) is 0. The molecule has 0 saturated carbocycles. The Labute approximate surface area is 94.4 Å². The van der Waals surface area contributed by atoms with Crippen molar-refractivity contribution < 1.29 is 4.74 Å². The SMILES string of the molecule is Cc1c(OCCCCl)cc2ccccn12. The van der Waals surface area contributed by atoms with Gasteiger partial charge in [-0.25, -0.2) is 0 Å². The number of ether oxygens (including phenoxy) is 1. The largest absolute Gasteiger partial charge is 0.492 e. The Morgan fingerprint density at radius 2 is 2.27 bits per heavy atom. The smallest absolute Gasteiger partial charge is 0.140 e. The van der Waals surface area contributed by atoms with Crippen LogP contribution in [0.5, 0.6) is 5.75 Å². The van der Waals surface area contributed by atoms with Crippen LogP contribution in [0.25, 0.3) is 5.52 Å². The van der Waals surface area contributed by atoms with Crippen LogP contribution in [0.1, 0.15) is 12.1 Å². The van der Waals surface area contributed by atoms with E-state index in [1.54, 1.807) is 0 Å². The van der Waals surface area contributed by atoms with Crippen molar-refractivity contribution in [3.05, 3.63) is 36.2 Å². The van der Waals surface area contributed by atoms with Crippen LogP contribution in [0.2, 0.25) is 0 Å². The van der Waals surface area contributed by atoms with Crippen LogP contribution >= 0.6 is 11.6 Å². The van der Waals surface area contributed by atoms with E-state index in [0.717, 1.165) is 23.4 Å². The van der Waals surface area contributed by atoms with Crippen molar-refractivity contribution in [3.8, 4) is 5.75 Å². The van der Waals surface area contributed by atoms with E-state index < -0.39 is 0 Å². The van der Waals surface area contributed by atoms with Gasteiger partial charge in [-0.3, -0.25) is 0 Å². The summed E-state index contributed by atoms with van der Waals surface area (Å²) in [6.07, 6.45) is 2.92. The summed E-state index contributed by atoms with van der Waals surface area (Å²) >= 11 is 5.60. The number of alkyl halides is 1. The van der Waals surface area contributed by atoms with Crippen molar-refractivity contribution in [2.24, 2.45) is 0 Å². The zero-order chi connectivity index (χ0) is 10.7. The Kier molecular flexibility index (Phi) is 3.17. The highest BCUT2D eigenvalue weighted by Crippen LogP contribution is 2.23. The van der Waals surface area contributed by atoms with Crippen molar-refractivity contribution in [2.75, 3.05) is 12.5 Å². The number of fused-ring (bicyclic) bond motifs is 1. The first-order valence-corrected chi connectivity index (χ1v) is 5.62. The fourth-order valence-corrected chi connectivity index (χ4v) is 1.73. The molecule has 0 spiro atoms. The van der Waals surface area contributed by atoms with Gasteiger partial charge in [0, 0.05) is 23.7 Å². The molecular formula is C12H14ClNO. The molecule has 0 aliphatic carbocycles. The summed E-state index contributed by atoms with van der Waals surface area (Å²) in [5, 5.41) is 0. The van der Waals surface area contributed by atoms with Gasteiger partial charge in [0.2, 0.25) is 0 Å². The van der Waals surface area contributed by atoms with Gasteiger partial charge < -0.3 is 9.14 Å². The molecule has 0 bridgehead atoms. The number of halogens is 1. The Bertz CT molecular complexity index is 450. The van der Waals surface area contributed by atoms with Gasteiger partial charge in [-0.05, 0) is 25.5 Å². The summed E-state index contributed by atoms with van der Waals surface area (Å²) in [5.74, 6) is 1.60. The number of pyridine rings is 1. The second-order valence-electron chi connectivity index (χ2n) is 3.48. The van der Waals surface area contributed by atoms with Gasteiger partial charge in [0.05, 0.1) is 12.3 Å². The molecule has 0 aromatic carbocycles. The molecule has 3 heteroatoms.